The summed E-state index contributed by atoms with van der Waals surface area (Å²) < 4.78 is 46.9. The van der Waals surface area contributed by atoms with Gasteiger partial charge in [0, 0.05) is 26.2 Å². The van der Waals surface area contributed by atoms with Crippen LogP contribution in [0.15, 0.2) is 47.4 Å². The Kier molecular flexibility index (Phi) is 4.71. The maximum absolute atomic E-state index is 14.2. The standard InChI is InChI=1S/C20H24FN3O3S/c1-20(2)19(28(25,26)17-9-4-3-6-14(17)21)23-15-7-5-8-16(18(15)27-20)24-12-10-22-11-13-24/h3-9,19,22-23H,10-13H2,1-2H3. The van der Waals surface area contributed by atoms with Gasteiger partial charge in [-0.2, -0.15) is 0 Å². The van der Waals surface area contributed by atoms with Gasteiger partial charge in [0.1, 0.15) is 16.3 Å². The number of hydrogen-bond donors (Lipinski definition) is 2. The predicted molar refractivity (Wildman–Crippen MR) is 107 cm³/mol. The van der Waals surface area contributed by atoms with Gasteiger partial charge >= 0.3 is 0 Å². The lowest BCUT2D eigenvalue weighted by atomic mass is 10.1. The molecule has 8 heteroatoms. The second kappa shape index (κ2) is 6.93. The molecule has 4 rings (SSSR count). The molecule has 0 aliphatic carbocycles. The first kappa shape index (κ1) is 19.0. The number of hydrogen-bond acceptors (Lipinski definition) is 6. The van der Waals surface area contributed by atoms with Crippen molar-refractivity contribution in [3.8, 4) is 5.75 Å². The van der Waals surface area contributed by atoms with Crippen molar-refractivity contribution < 1.29 is 17.5 Å². The summed E-state index contributed by atoms with van der Waals surface area (Å²) in [7, 11) is -4.02. The van der Waals surface area contributed by atoms with Gasteiger partial charge in [-0.3, -0.25) is 0 Å². The van der Waals surface area contributed by atoms with Crippen molar-refractivity contribution in [2.75, 3.05) is 36.4 Å². The Balaban J connectivity index is 1.74. The van der Waals surface area contributed by atoms with Gasteiger partial charge in [-0.05, 0) is 38.1 Å². The molecule has 1 atom stereocenters. The van der Waals surface area contributed by atoms with E-state index in [9.17, 15) is 12.8 Å². The third-order valence-corrected chi connectivity index (χ3v) is 7.44. The largest absolute Gasteiger partial charge is 0.480 e. The van der Waals surface area contributed by atoms with Crippen LogP contribution in [0.2, 0.25) is 0 Å². The monoisotopic (exact) mass is 405 g/mol. The lowest BCUT2D eigenvalue weighted by molar-refractivity contribution is 0.103. The third kappa shape index (κ3) is 3.20. The van der Waals surface area contributed by atoms with Gasteiger partial charge < -0.3 is 20.3 Å². The second-order valence-electron chi connectivity index (χ2n) is 7.60. The van der Waals surface area contributed by atoms with E-state index in [-0.39, 0.29) is 4.90 Å². The Morgan fingerprint density at radius 3 is 2.54 bits per heavy atom. The molecular weight excluding hydrogens is 381 g/mol. The molecule has 2 heterocycles. The third-order valence-electron chi connectivity index (χ3n) is 5.19. The molecule has 0 aromatic heterocycles. The number of rotatable bonds is 3. The molecule has 2 aromatic carbocycles. The van der Waals surface area contributed by atoms with Gasteiger partial charge in [-0.15, -0.1) is 0 Å². The van der Waals surface area contributed by atoms with Crippen molar-refractivity contribution in [2.24, 2.45) is 0 Å². The highest BCUT2D eigenvalue weighted by Crippen LogP contribution is 2.45. The molecule has 2 aromatic rings. The number of para-hydroxylation sites is 1. The summed E-state index contributed by atoms with van der Waals surface area (Å²) in [4.78, 5) is 1.89. The van der Waals surface area contributed by atoms with Crippen LogP contribution in [0.1, 0.15) is 13.8 Å². The van der Waals surface area contributed by atoms with Crippen LogP contribution < -0.4 is 20.3 Å². The Morgan fingerprint density at radius 1 is 1.11 bits per heavy atom. The summed E-state index contributed by atoms with van der Waals surface area (Å²) in [5, 5.41) is 5.31. The first-order valence-corrected chi connectivity index (χ1v) is 10.9. The molecule has 150 valence electrons. The SMILES string of the molecule is CC1(C)Oc2c(cccc2N2CCNCC2)NC1S(=O)(=O)c1ccccc1F. The number of ether oxygens (including phenoxy) is 1. The minimum atomic E-state index is -4.02. The number of nitrogens with one attached hydrogen (secondary N) is 2. The normalized spacial score (nSPS) is 21.4. The van der Waals surface area contributed by atoms with Gasteiger partial charge in [0.05, 0.1) is 11.4 Å². The van der Waals surface area contributed by atoms with Gasteiger partial charge in [0.15, 0.2) is 11.1 Å². The molecule has 1 fully saturated rings. The predicted octanol–water partition coefficient (Wildman–Crippen LogP) is 2.62. The molecule has 1 unspecified atom stereocenters. The van der Waals surface area contributed by atoms with Crippen molar-refractivity contribution in [1.29, 1.82) is 0 Å². The molecule has 0 radical (unpaired) electrons. The van der Waals surface area contributed by atoms with Crippen molar-refractivity contribution in [3.05, 3.63) is 48.3 Å². The summed E-state index contributed by atoms with van der Waals surface area (Å²) in [6, 6.07) is 11.1. The van der Waals surface area contributed by atoms with Crippen molar-refractivity contribution in [1.82, 2.24) is 5.32 Å². The topological polar surface area (TPSA) is 70.7 Å². The molecule has 1 saturated heterocycles. The Morgan fingerprint density at radius 2 is 1.82 bits per heavy atom. The van der Waals surface area contributed by atoms with Crippen LogP contribution in [0.3, 0.4) is 0 Å². The van der Waals surface area contributed by atoms with Gasteiger partial charge in [-0.25, -0.2) is 12.8 Å². The Labute approximate surface area is 164 Å². The molecule has 28 heavy (non-hydrogen) atoms. The van der Waals surface area contributed by atoms with E-state index in [1.54, 1.807) is 19.9 Å². The van der Waals surface area contributed by atoms with E-state index in [0.29, 0.717) is 11.4 Å². The molecular formula is C20H24FN3O3S. The highest BCUT2D eigenvalue weighted by atomic mass is 32.2. The van der Waals surface area contributed by atoms with E-state index < -0.39 is 26.6 Å². The fourth-order valence-corrected chi connectivity index (χ4v) is 5.73. The zero-order valence-electron chi connectivity index (χ0n) is 15.9. The quantitative estimate of drug-likeness (QED) is 0.818. The zero-order valence-corrected chi connectivity index (χ0v) is 16.7. The van der Waals surface area contributed by atoms with Crippen LogP contribution in [0, 0.1) is 5.82 Å². The number of sulfone groups is 1. The number of piperazine rings is 1. The average molecular weight is 405 g/mol. The molecule has 6 nitrogen and oxygen atoms in total. The zero-order chi connectivity index (χ0) is 19.9. The molecule has 0 spiro atoms. The first-order valence-electron chi connectivity index (χ1n) is 9.33. The lowest BCUT2D eigenvalue weighted by Crippen LogP contribution is -2.54. The maximum Gasteiger partial charge on any atom is 0.206 e. The minimum Gasteiger partial charge on any atom is -0.480 e. The van der Waals surface area contributed by atoms with E-state index in [2.05, 4.69) is 15.5 Å². The van der Waals surface area contributed by atoms with Crippen molar-refractivity contribution in [2.45, 2.75) is 29.7 Å². The van der Waals surface area contributed by atoms with Crippen LogP contribution in [0.25, 0.3) is 0 Å². The van der Waals surface area contributed by atoms with E-state index in [1.807, 2.05) is 12.1 Å². The summed E-state index contributed by atoms with van der Waals surface area (Å²) >= 11 is 0. The molecule has 0 saturated carbocycles. The number of fused-ring (bicyclic) bond motifs is 1. The molecule has 2 aliphatic heterocycles. The lowest BCUT2D eigenvalue weighted by Gasteiger charge is -2.42. The van der Waals surface area contributed by atoms with E-state index >= 15 is 0 Å². The number of anilines is 2. The van der Waals surface area contributed by atoms with Crippen molar-refractivity contribution in [3.63, 3.8) is 0 Å². The van der Waals surface area contributed by atoms with Gasteiger partial charge in [-0.1, -0.05) is 18.2 Å². The van der Waals surface area contributed by atoms with Crippen LogP contribution >= 0.6 is 0 Å². The highest BCUT2D eigenvalue weighted by Gasteiger charge is 2.47. The van der Waals surface area contributed by atoms with Crippen LogP contribution in [0.4, 0.5) is 15.8 Å². The van der Waals surface area contributed by atoms with E-state index in [4.69, 9.17) is 4.74 Å². The molecule has 0 amide bonds. The second-order valence-corrected chi connectivity index (χ2v) is 9.60. The number of benzene rings is 2. The fourth-order valence-electron chi connectivity index (χ4n) is 3.79. The highest BCUT2D eigenvalue weighted by molar-refractivity contribution is 7.92. The maximum atomic E-state index is 14.2. The summed E-state index contributed by atoms with van der Waals surface area (Å²) in [5.41, 5.74) is 0.430. The molecule has 2 aliphatic rings. The molecule has 0 bridgehead atoms. The van der Waals surface area contributed by atoms with Crippen LogP contribution in [0.5, 0.6) is 5.75 Å². The van der Waals surface area contributed by atoms with Gasteiger partial charge in [0.25, 0.3) is 0 Å². The van der Waals surface area contributed by atoms with Gasteiger partial charge in [0.2, 0.25) is 9.84 Å². The summed E-state index contributed by atoms with van der Waals surface area (Å²) in [6.07, 6.45) is 0. The minimum absolute atomic E-state index is 0.328. The summed E-state index contributed by atoms with van der Waals surface area (Å²) in [6.45, 7) is 6.87. The number of nitrogens with zero attached hydrogens (tertiary/aromatic N) is 1. The Hall–Kier alpha value is -2.32. The number of halogens is 1. The molecule has 2 N–H and O–H groups in total. The Bertz CT molecular complexity index is 988. The summed E-state index contributed by atoms with van der Waals surface area (Å²) in [5.74, 6) is -0.130. The van der Waals surface area contributed by atoms with Crippen LogP contribution in [-0.2, 0) is 9.84 Å². The fraction of sp³-hybridized carbons (Fsp3) is 0.400. The van der Waals surface area contributed by atoms with E-state index in [1.165, 1.54) is 18.2 Å². The van der Waals surface area contributed by atoms with Crippen LogP contribution in [-0.4, -0.2) is 45.6 Å². The van der Waals surface area contributed by atoms with Crippen molar-refractivity contribution >= 4 is 21.2 Å². The van der Waals surface area contributed by atoms with E-state index in [0.717, 1.165) is 37.9 Å². The average Bonchev–Trinajstić information content (AvgIpc) is 2.67. The first-order chi connectivity index (χ1) is 13.3. The smallest absolute Gasteiger partial charge is 0.206 e.